The first kappa shape index (κ1) is 19.0. The molecule has 138 valence electrons. The van der Waals surface area contributed by atoms with Crippen molar-refractivity contribution in [2.75, 3.05) is 38.1 Å². The van der Waals surface area contributed by atoms with Crippen LogP contribution in [0.25, 0.3) is 0 Å². The molecule has 1 fully saturated rings. The Morgan fingerprint density at radius 2 is 1.84 bits per heavy atom. The van der Waals surface area contributed by atoms with Crippen LogP contribution in [0.2, 0.25) is 0 Å². The summed E-state index contributed by atoms with van der Waals surface area (Å²) in [6.07, 6.45) is -3.58. The van der Waals surface area contributed by atoms with Gasteiger partial charge in [0.1, 0.15) is 5.82 Å². The van der Waals surface area contributed by atoms with Crippen LogP contribution in [0.4, 0.5) is 23.8 Å². The van der Waals surface area contributed by atoms with Crippen molar-refractivity contribution in [1.29, 1.82) is 0 Å². The number of alkyl halides is 3. The minimum absolute atomic E-state index is 0.402. The third-order valence-corrected chi connectivity index (χ3v) is 4.10. The Hall–Kier alpha value is -2.36. The third kappa shape index (κ3) is 4.81. The summed E-state index contributed by atoms with van der Waals surface area (Å²) >= 11 is 0. The molecule has 1 aliphatic heterocycles. The van der Waals surface area contributed by atoms with Crippen LogP contribution in [0.5, 0.6) is 0 Å². The topological polar surface area (TPSA) is 77.6 Å². The zero-order valence-electron chi connectivity index (χ0n) is 13.9. The Kier molecular flexibility index (Phi) is 5.83. The number of urea groups is 1. The lowest BCUT2D eigenvalue weighted by Crippen LogP contribution is -2.55. The summed E-state index contributed by atoms with van der Waals surface area (Å²) in [5, 5.41) is 4.54. The molecule has 7 nitrogen and oxygen atoms in total. The summed E-state index contributed by atoms with van der Waals surface area (Å²) in [6, 6.07) is 1.30. The van der Waals surface area contributed by atoms with Crippen molar-refractivity contribution in [3.63, 3.8) is 0 Å². The zero-order chi connectivity index (χ0) is 18.6. The van der Waals surface area contributed by atoms with E-state index in [2.05, 4.69) is 15.6 Å². The lowest BCUT2D eigenvalue weighted by Gasteiger charge is -2.37. The molecule has 2 heterocycles. The summed E-state index contributed by atoms with van der Waals surface area (Å²) in [5.41, 5.74) is -0.783. The second-order valence-electron chi connectivity index (χ2n) is 5.67. The number of rotatable bonds is 3. The molecule has 10 heteroatoms. The van der Waals surface area contributed by atoms with E-state index >= 15 is 0 Å². The summed E-state index contributed by atoms with van der Waals surface area (Å²) in [4.78, 5) is 30.8. The summed E-state index contributed by atoms with van der Waals surface area (Å²) in [7, 11) is 1.42. The largest absolute Gasteiger partial charge is 0.417 e. The molecule has 25 heavy (non-hydrogen) atoms. The van der Waals surface area contributed by atoms with Gasteiger partial charge < -0.3 is 10.2 Å². The van der Waals surface area contributed by atoms with Gasteiger partial charge in [0, 0.05) is 39.4 Å². The number of carbonyl (C=O) groups excluding carboxylic acids is 2. The molecule has 2 N–H and O–H groups in total. The van der Waals surface area contributed by atoms with Crippen LogP contribution >= 0.6 is 0 Å². The maximum Gasteiger partial charge on any atom is 0.417 e. The highest BCUT2D eigenvalue weighted by molar-refractivity contribution is 5.96. The Balaban J connectivity index is 1.91. The number of carbonyl (C=O) groups is 2. The molecule has 1 aliphatic rings. The number of piperazine rings is 1. The zero-order valence-corrected chi connectivity index (χ0v) is 13.9. The number of halogens is 3. The van der Waals surface area contributed by atoms with Gasteiger partial charge in [-0.25, -0.2) is 9.78 Å². The molecule has 0 aliphatic carbocycles. The van der Waals surface area contributed by atoms with Gasteiger partial charge in [0.05, 0.1) is 11.6 Å². The van der Waals surface area contributed by atoms with Gasteiger partial charge in [0.25, 0.3) is 0 Å². The van der Waals surface area contributed by atoms with Crippen LogP contribution in [-0.2, 0) is 11.0 Å². The van der Waals surface area contributed by atoms with Crippen LogP contribution in [-0.4, -0.2) is 61.1 Å². The summed E-state index contributed by atoms with van der Waals surface area (Å²) < 4.78 is 37.7. The molecule has 2 rings (SSSR count). The van der Waals surface area contributed by atoms with E-state index in [-0.39, 0.29) is 0 Å². The molecule has 1 atom stereocenters. The Morgan fingerprint density at radius 3 is 2.32 bits per heavy atom. The minimum atomic E-state index is -4.40. The number of amides is 3. The van der Waals surface area contributed by atoms with E-state index in [1.54, 1.807) is 6.92 Å². The normalized spacial score (nSPS) is 17.1. The third-order valence-electron chi connectivity index (χ3n) is 4.10. The number of pyridine rings is 1. The van der Waals surface area contributed by atoms with E-state index in [1.807, 2.05) is 9.80 Å². The van der Waals surface area contributed by atoms with E-state index in [1.165, 1.54) is 13.1 Å². The van der Waals surface area contributed by atoms with Crippen molar-refractivity contribution < 1.29 is 22.8 Å². The van der Waals surface area contributed by atoms with E-state index < -0.39 is 29.7 Å². The molecule has 0 aromatic carbocycles. The number of anilines is 1. The van der Waals surface area contributed by atoms with Crippen LogP contribution in [0.3, 0.4) is 0 Å². The van der Waals surface area contributed by atoms with E-state index in [0.29, 0.717) is 32.0 Å². The maximum absolute atomic E-state index is 12.6. The van der Waals surface area contributed by atoms with Crippen LogP contribution < -0.4 is 15.5 Å². The number of aromatic nitrogens is 1. The molecule has 1 aromatic heterocycles. The fourth-order valence-corrected chi connectivity index (χ4v) is 2.52. The van der Waals surface area contributed by atoms with Gasteiger partial charge in [0.2, 0.25) is 5.91 Å². The molecule has 0 spiro atoms. The maximum atomic E-state index is 12.6. The van der Waals surface area contributed by atoms with Crippen molar-refractivity contribution in [2.45, 2.75) is 19.1 Å². The van der Waals surface area contributed by atoms with Crippen LogP contribution in [0, 0.1) is 0 Å². The molecular formula is C15H20F3N5O2. The standard InChI is InChI=1S/C15H20F3N5O2/c1-10(13(24)21-14(25)19-2)22-5-7-23(8-6-22)12-4-3-11(9-20-12)15(16,17)18/h3-4,9-10H,5-8H2,1-2H3,(H2,19,21,24,25)/t10-/m1/s1. The van der Waals surface area contributed by atoms with E-state index in [0.717, 1.165) is 12.3 Å². The van der Waals surface area contributed by atoms with Gasteiger partial charge >= 0.3 is 12.2 Å². The van der Waals surface area contributed by atoms with Gasteiger partial charge in [-0.15, -0.1) is 0 Å². The molecule has 0 saturated carbocycles. The Bertz CT molecular complexity index is 613. The first-order valence-corrected chi connectivity index (χ1v) is 7.77. The number of nitrogens with zero attached hydrogens (tertiary/aromatic N) is 3. The number of hydrogen-bond acceptors (Lipinski definition) is 5. The van der Waals surface area contributed by atoms with Crippen molar-refractivity contribution >= 4 is 17.8 Å². The molecule has 0 radical (unpaired) electrons. The highest BCUT2D eigenvalue weighted by Gasteiger charge is 2.31. The van der Waals surface area contributed by atoms with Gasteiger partial charge in [-0.05, 0) is 19.1 Å². The fraction of sp³-hybridized carbons (Fsp3) is 0.533. The molecule has 0 bridgehead atoms. The molecule has 0 unspecified atom stereocenters. The predicted molar refractivity (Wildman–Crippen MR) is 85.1 cm³/mol. The quantitative estimate of drug-likeness (QED) is 0.844. The van der Waals surface area contributed by atoms with Crippen molar-refractivity contribution in [3.05, 3.63) is 23.9 Å². The number of nitrogens with one attached hydrogen (secondary N) is 2. The molecule has 1 aromatic rings. The number of imide groups is 1. The van der Waals surface area contributed by atoms with Crippen LogP contribution in [0.15, 0.2) is 18.3 Å². The molecular weight excluding hydrogens is 339 g/mol. The van der Waals surface area contributed by atoms with Gasteiger partial charge in [-0.2, -0.15) is 13.2 Å². The van der Waals surface area contributed by atoms with Crippen molar-refractivity contribution in [2.24, 2.45) is 0 Å². The van der Waals surface area contributed by atoms with E-state index in [9.17, 15) is 22.8 Å². The monoisotopic (exact) mass is 359 g/mol. The number of hydrogen-bond donors (Lipinski definition) is 2. The second-order valence-corrected chi connectivity index (χ2v) is 5.67. The highest BCUT2D eigenvalue weighted by Crippen LogP contribution is 2.29. The second kappa shape index (κ2) is 7.68. The summed E-state index contributed by atoms with van der Waals surface area (Å²) in [5.74, 6) is 0.0653. The van der Waals surface area contributed by atoms with Crippen molar-refractivity contribution in [1.82, 2.24) is 20.5 Å². The van der Waals surface area contributed by atoms with Gasteiger partial charge in [-0.3, -0.25) is 15.0 Å². The van der Waals surface area contributed by atoms with Gasteiger partial charge in [-0.1, -0.05) is 0 Å². The van der Waals surface area contributed by atoms with Gasteiger partial charge in [0.15, 0.2) is 0 Å². The minimum Gasteiger partial charge on any atom is -0.354 e. The predicted octanol–water partition coefficient (Wildman–Crippen LogP) is 1.07. The Labute approximate surface area is 143 Å². The summed E-state index contributed by atoms with van der Waals surface area (Å²) in [6.45, 7) is 3.81. The highest BCUT2D eigenvalue weighted by atomic mass is 19.4. The average Bonchev–Trinajstić information content (AvgIpc) is 2.60. The first-order valence-electron chi connectivity index (χ1n) is 7.77. The van der Waals surface area contributed by atoms with Crippen molar-refractivity contribution in [3.8, 4) is 0 Å². The van der Waals surface area contributed by atoms with E-state index in [4.69, 9.17) is 0 Å². The SMILES string of the molecule is CNC(=O)NC(=O)[C@@H](C)N1CCN(c2ccc(C(F)(F)F)cn2)CC1. The average molecular weight is 359 g/mol. The molecule has 1 saturated heterocycles. The lowest BCUT2D eigenvalue weighted by molar-refractivity contribution is -0.137. The van der Waals surface area contributed by atoms with Crippen LogP contribution in [0.1, 0.15) is 12.5 Å². The lowest BCUT2D eigenvalue weighted by atomic mass is 10.2. The Morgan fingerprint density at radius 1 is 1.20 bits per heavy atom. The first-order chi connectivity index (χ1) is 11.7. The smallest absolute Gasteiger partial charge is 0.354 e. The molecule has 3 amide bonds. The fourth-order valence-electron chi connectivity index (χ4n) is 2.52.